The monoisotopic (exact) mass is 353 g/mol. The van der Waals surface area contributed by atoms with Gasteiger partial charge in [0.25, 0.3) is 5.91 Å². The molecule has 2 saturated heterocycles. The molecule has 0 spiro atoms. The highest BCUT2D eigenvalue weighted by Crippen LogP contribution is 2.45. The molecule has 3 atom stereocenters. The highest BCUT2D eigenvalue weighted by molar-refractivity contribution is 7.89. The van der Waals surface area contributed by atoms with Gasteiger partial charge in [0.2, 0.25) is 10.0 Å². The van der Waals surface area contributed by atoms with Crippen molar-refractivity contribution in [2.45, 2.75) is 61.9 Å². The molecular formula is C16H20FN3O3S. The minimum absolute atomic E-state index is 0.105. The molecule has 1 aromatic carbocycles. The zero-order chi connectivity index (χ0) is 17.1. The molecule has 1 aromatic rings. The van der Waals surface area contributed by atoms with Crippen molar-refractivity contribution in [2.75, 3.05) is 5.32 Å². The van der Waals surface area contributed by atoms with Gasteiger partial charge in [0, 0.05) is 18.9 Å². The minimum atomic E-state index is -3.81. The van der Waals surface area contributed by atoms with Crippen molar-refractivity contribution in [3.8, 4) is 0 Å². The number of aryl methyl sites for hydroxylation is 1. The number of nitrogens with zero attached hydrogens (tertiary/aromatic N) is 1. The van der Waals surface area contributed by atoms with E-state index in [4.69, 9.17) is 0 Å². The fourth-order valence-electron chi connectivity index (χ4n) is 4.12. The summed E-state index contributed by atoms with van der Waals surface area (Å²) < 4.78 is 42.3. The maximum atomic E-state index is 15.1. The third-order valence-corrected chi connectivity index (χ3v) is 6.72. The minimum Gasteiger partial charge on any atom is -0.360 e. The molecule has 2 N–H and O–H groups in total. The number of amides is 1. The van der Waals surface area contributed by atoms with Crippen LogP contribution in [0.1, 0.15) is 37.7 Å². The van der Waals surface area contributed by atoms with Crippen LogP contribution >= 0.6 is 0 Å². The van der Waals surface area contributed by atoms with Crippen LogP contribution in [0.25, 0.3) is 0 Å². The summed E-state index contributed by atoms with van der Waals surface area (Å²) in [4.78, 5) is 14.3. The molecule has 2 bridgehead atoms. The standard InChI is InChI=1S/C16H20FN3O3S/c1-10-4-5-13-12(9-10)18-14(19-24(13,22)23)15(21)20-11-3-2-7-16(20,17)8-6-11/h4-5,9,11,14,18-19H,2-3,6-8H2,1H3. The molecule has 4 rings (SSSR count). The zero-order valence-electron chi connectivity index (χ0n) is 13.4. The number of benzene rings is 1. The molecule has 130 valence electrons. The Labute approximate surface area is 140 Å². The van der Waals surface area contributed by atoms with Gasteiger partial charge in [-0.2, -0.15) is 4.72 Å². The van der Waals surface area contributed by atoms with Gasteiger partial charge >= 0.3 is 0 Å². The fourth-order valence-corrected chi connectivity index (χ4v) is 5.37. The van der Waals surface area contributed by atoms with Crippen LogP contribution in [-0.2, 0) is 14.8 Å². The summed E-state index contributed by atoms with van der Waals surface area (Å²) in [5, 5.41) is 2.93. The van der Waals surface area contributed by atoms with E-state index in [1.54, 1.807) is 12.1 Å². The Morgan fingerprint density at radius 2 is 2.12 bits per heavy atom. The number of anilines is 1. The average molecular weight is 353 g/mol. The maximum Gasteiger partial charge on any atom is 0.263 e. The van der Waals surface area contributed by atoms with Crippen LogP contribution in [0.3, 0.4) is 0 Å². The Balaban J connectivity index is 1.67. The fraction of sp³-hybridized carbons (Fsp3) is 0.562. The van der Waals surface area contributed by atoms with Crippen LogP contribution < -0.4 is 10.0 Å². The average Bonchev–Trinajstić information content (AvgIpc) is 2.69. The predicted molar refractivity (Wildman–Crippen MR) is 86.5 cm³/mol. The summed E-state index contributed by atoms with van der Waals surface area (Å²) >= 11 is 0. The molecule has 0 saturated carbocycles. The number of sulfonamides is 1. The van der Waals surface area contributed by atoms with E-state index in [1.165, 1.54) is 11.0 Å². The summed E-state index contributed by atoms with van der Waals surface area (Å²) in [6.07, 6.45) is 1.65. The van der Waals surface area contributed by atoms with Crippen LogP contribution in [0.5, 0.6) is 0 Å². The molecule has 3 unspecified atom stereocenters. The first kappa shape index (κ1) is 15.8. The second kappa shape index (κ2) is 5.16. The van der Waals surface area contributed by atoms with E-state index in [0.29, 0.717) is 24.9 Å². The molecule has 0 aliphatic carbocycles. The predicted octanol–water partition coefficient (Wildman–Crippen LogP) is 1.87. The molecule has 6 nitrogen and oxygen atoms in total. The van der Waals surface area contributed by atoms with Gasteiger partial charge in [-0.25, -0.2) is 12.8 Å². The smallest absolute Gasteiger partial charge is 0.263 e. The first-order valence-corrected chi connectivity index (χ1v) is 9.70. The van der Waals surface area contributed by atoms with E-state index >= 15 is 4.39 Å². The number of piperidine rings is 1. The van der Waals surface area contributed by atoms with Crippen molar-refractivity contribution in [1.29, 1.82) is 0 Å². The number of hydrogen-bond donors (Lipinski definition) is 2. The van der Waals surface area contributed by atoms with Gasteiger partial charge in [-0.1, -0.05) is 6.07 Å². The highest BCUT2D eigenvalue weighted by atomic mass is 32.2. The van der Waals surface area contributed by atoms with E-state index in [9.17, 15) is 13.2 Å². The molecular weight excluding hydrogens is 333 g/mol. The van der Waals surface area contributed by atoms with E-state index in [0.717, 1.165) is 18.4 Å². The van der Waals surface area contributed by atoms with Crippen molar-refractivity contribution in [3.63, 3.8) is 0 Å². The first-order chi connectivity index (χ1) is 11.3. The number of alkyl halides is 1. The molecule has 24 heavy (non-hydrogen) atoms. The quantitative estimate of drug-likeness (QED) is 0.756. The van der Waals surface area contributed by atoms with Gasteiger partial charge in [0.15, 0.2) is 12.0 Å². The first-order valence-electron chi connectivity index (χ1n) is 8.22. The zero-order valence-corrected chi connectivity index (χ0v) is 14.2. The largest absolute Gasteiger partial charge is 0.360 e. The molecule has 1 amide bonds. The Hall–Kier alpha value is -1.67. The van der Waals surface area contributed by atoms with Crippen molar-refractivity contribution in [2.24, 2.45) is 0 Å². The number of hydrogen-bond acceptors (Lipinski definition) is 4. The third kappa shape index (κ3) is 2.31. The molecule has 2 fully saturated rings. The lowest BCUT2D eigenvalue weighted by atomic mass is 10.0. The van der Waals surface area contributed by atoms with Gasteiger partial charge in [0.1, 0.15) is 4.90 Å². The van der Waals surface area contributed by atoms with Gasteiger partial charge in [-0.3, -0.25) is 4.79 Å². The van der Waals surface area contributed by atoms with Crippen LogP contribution in [-0.4, -0.2) is 37.2 Å². The Bertz CT molecular complexity index is 809. The highest BCUT2D eigenvalue weighted by Gasteiger charge is 2.53. The number of carbonyl (C=O) groups excluding carboxylic acids is 1. The normalized spacial score (nSPS) is 33.7. The van der Waals surface area contributed by atoms with Crippen LogP contribution in [0.2, 0.25) is 0 Å². The molecule has 3 heterocycles. The lowest BCUT2D eigenvalue weighted by Crippen LogP contribution is -2.60. The van der Waals surface area contributed by atoms with E-state index in [-0.39, 0.29) is 10.9 Å². The number of rotatable bonds is 1. The SMILES string of the molecule is Cc1ccc2c(c1)NC(C(=O)N1C3CCCC1(F)CC3)NS2(=O)=O. The maximum absolute atomic E-state index is 15.1. The lowest BCUT2D eigenvalue weighted by Gasteiger charge is -2.41. The number of halogens is 1. The summed E-state index contributed by atoms with van der Waals surface area (Å²) in [6.45, 7) is 1.84. The molecule has 3 aliphatic heterocycles. The summed E-state index contributed by atoms with van der Waals surface area (Å²) in [7, 11) is -3.81. The van der Waals surface area contributed by atoms with E-state index in [1.807, 2.05) is 6.92 Å². The van der Waals surface area contributed by atoms with Gasteiger partial charge in [-0.05, 0) is 43.9 Å². The van der Waals surface area contributed by atoms with Crippen molar-refractivity contribution < 1.29 is 17.6 Å². The Morgan fingerprint density at radius 1 is 1.33 bits per heavy atom. The van der Waals surface area contributed by atoms with Gasteiger partial charge in [-0.15, -0.1) is 0 Å². The summed E-state index contributed by atoms with van der Waals surface area (Å²) in [5.41, 5.74) is 1.26. The molecule has 0 radical (unpaired) electrons. The molecule has 0 aromatic heterocycles. The topological polar surface area (TPSA) is 78.5 Å². The van der Waals surface area contributed by atoms with Crippen molar-refractivity contribution in [1.82, 2.24) is 9.62 Å². The second-order valence-corrected chi connectivity index (χ2v) is 8.59. The number of carbonyl (C=O) groups is 1. The summed E-state index contributed by atoms with van der Waals surface area (Å²) in [5.74, 6) is -2.17. The lowest BCUT2D eigenvalue weighted by molar-refractivity contribution is -0.151. The van der Waals surface area contributed by atoms with Crippen molar-refractivity contribution >= 4 is 21.6 Å². The summed E-state index contributed by atoms with van der Waals surface area (Å²) in [6, 6.07) is 4.75. The van der Waals surface area contributed by atoms with Gasteiger partial charge in [0.05, 0.1) is 5.69 Å². The Morgan fingerprint density at radius 3 is 2.88 bits per heavy atom. The van der Waals surface area contributed by atoms with Crippen molar-refractivity contribution in [3.05, 3.63) is 23.8 Å². The number of nitrogens with one attached hydrogen (secondary N) is 2. The Kier molecular flexibility index (Phi) is 3.41. The van der Waals surface area contributed by atoms with Crippen LogP contribution in [0.4, 0.5) is 10.1 Å². The van der Waals surface area contributed by atoms with Crippen LogP contribution in [0.15, 0.2) is 23.1 Å². The number of fused-ring (bicyclic) bond motifs is 3. The molecule has 8 heteroatoms. The molecule has 3 aliphatic rings. The van der Waals surface area contributed by atoms with E-state index < -0.39 is 27.9 Å². The van der Waals surface area contributed by atoms with Gasteiger partial charge < -0.3 is 10.2 Å². The second-order valence-electron chi connectivity index (χ2n) is 6.91. The van der Waals surface area contributed by atoms with E-state index in [2.05, 4.69) is 10.0 Å². The third-order valence-electron chi connectivity index (χ3n) is 5.24. The van der Waals surface area contributed by atoms with Crippen LogP contribution in [0, 0.1) is 6.92 Å².